The van der Waals surface area contributed by atoms with Crippen molar-refractivity contribution in [2.75, 3.05) is 24.7 Å². The standard InChI is InChI=1S/C11H15N5O3.C10H12ClN5O3/c1-5-14-10(12)9-11(15-5)16(4-13-9)8-2-6(18)7(3-17)19-8;11-10-14-8(12)7-9(15-10)16(3-13-7)6-1-4(18)5(2-17)19-6/h4,6-8,17-18H,2-3H2,1H3,(H2,12,14,15);3-6,17-18H,1-2H2,(H2,12,14,15)/t6?,7-,8-;4?,5-,6-/m11/s1. The minimum Gasteiger partial charge on any atom is -0.394 e. The van der Waals surface area contributed by atoms with Crippen molar-refractivity contribution in [2.45, 2.75) is 56.6 Å². The molecule has 2 aliphatic rings. The summed E-state index contributed by atoms with van der Waals surface area (Å²) in [4.78, 5) is 24.5. The molecule has 2 aliphatic heterocycles. The Labute approximate surface area is 219 Å². The Morgan fingerprint density at radius 2 is 1.32 bits per heavy atom. The lowest BCUT2D eigenvalue weighted by Gasteiger charge is -2.13. The van der Waals surface area contributed by atoms with E-state index in [4.69, 9.17) is 42.8 Å². The third kappa shape index (κ3) is 4.82. The quantitative estimate of drug-likeness (QED) is 0.168. The monoisotopic (exact) mass is 550 g/mol. The SMILES string of the molecule is Cc1nc(N)c2ncn([C@H]3CC(O)[C@@H](CO)O3)c2n1.Nc1nc(Cl)nc2c1ncn2[C@H]1CC(O)[C@@H](CO)O1. The lowest BCUT2D eigenvalue weighted by Crippen LogP contribution is -2.24. The highest BCUT2D eigenvalue weighted by molar-refractivity contribution is 6.28. The average Bonchev–Trinajstić information content (AvgIpc) is 3.64. The van der Waals surface area contributed by atoms with Gasteiger partial charge in [-0.05, 0) is 18.5 Å². The second kappa shape index (κ2) is 10.5. The number of aliphatic hydroxyl groups excluding tert-OH is 4. The summed E-state index contributed by atoms with van der Waals surface area (Å²) in [5, 5.41) is 37.7. The second-order valence-electron chi connectivity index (χ2n) is 8.91. The predicted molar refractivity (Wildman–Crippen MR) is 132 cm³/mol. The van der Waals surface area contributed by atoms with Gasteiger partial charge in [-0.15, -0.1) is 0 Å². The van der Waals surface area contributed by atoms with E-state index in [9.17, 15) is 10.2 Å². The van der Waals surface area contributed by atoms with Crippen LogP contribution >= 0.6 is 11.6 Å². The summed E-state index contributed by atoms with van der Waals surface area (Å²) in [5.74, 6) is 1.05. The number of aromatic nitrogens is 8. The maximum absolute atomic E-state index is 9.76. The number of ether oxygens (including phenoxy) is 2. The van der Waals surface area contributed by atoms with Crippen LogP contribution in [0.2, 0.25) is 5.28 Å². The number of halogens is 1. The summed E-state index contributed by atoms with van der Waals surface area (Å²) in [6.45, 7) is 1.27. The van der Waals surface area contributed by atoms with Gasteiger partial charge in [-0.2, -0.15) is 9.97 Å². The molecule has 204 valence electrons. The smallest absolute Gasteiger partial charge is 0.226 e. The minimum absolute atomic E-state index is 0.0176. The first-order valence-corrected chi connectivity index (χ1v) is 12.1. The Morgan fingerprint density at radius 3 is 1.79 bits per heavy atom. The van der Waals surface area contributed by atoms with Crippen LogP contribution in [0.15, 0.2) is 12.7 Å². The van der Waals surface area contributed by atoms with Crippen LogP contribution < -0.4 is 11.5 Å². The van der Waals surface area contributed by atoms with Crippen LogP contribution in [0.3, 0.4) is 0 Å². The van der Waals surface area contributed by atoms with Gasteiger partial charge in [-0.1, -0.05) is 0 Å². The molecule has 6 rings (SSSR count). The topological polar surface area (TPSA) is 239 Å². The first kappa shape index (κ1) is 26.4. The van der Waals surface area contributed by atoms with Crippen molar-refractivity contribution >= 4 is 45.6 Å². The zero-order valence-electron chi connectivity index (χ0n) is 20.2. The summed E-state index contributed by atoms with van der Waals surface area (Å²) in [5.41, 5.74) is 13.4. The largest absolute Gasteiger partial charge is 0.394 e. The molecule has 0 aliphatic carbocycles. The van der Waals surface area contributed by atoms with E-state index in [1.165, 1.54) is 6.33 Å². The zero-order chi connectivity index (χ0) is 27.1. The Bertz CT molecular complexity index is 1340. The molecular formula is C21H27ClN10O6. The van der Waals surface area contributed by atoms with Crippen LogP contribution in [0.4, 0.5) is 11.6 Å². The van der Waals surface area contributed by atoms with Gasteiger partial charge in [0.15, 0.2) is 22.9 Å². The minimum atomic E-state index is -0.734. The maximum Gasteiger partial charge on any atom is 0.226 e. The third-order valence-corrected chi connectivity index (χ3v) is 6.54. The molecule has 6 heterocycles. The molecule has 8 N–H and O–H groups in total. The fourth-order valence-electron chi connectivity index (χ4n) is 4.48. The molecule has 4 aromatic heterocycles. The summed E-state index contributed by atoms with van der Waals surface area (Å²) < 4.78 is 14.4. The lowest BCUT2D eigenvalue weighted by molar-refractivity contribution is -0.0432. The summed E-state index contributed by atoms with van der Waals surface area (Å²) in [6, 6.07) is 0. The molecule has 2 fully saturated rings. The van der Waals surface area contributed by atoms with Crippen molar-refractivity contribution in [3.8, 4) is 0 Å². The number of nitrogen functional groups attached to an aromatic ring is 2. The average molecular weight is 551 g/mol. The highest BCUT2D eigenvalue weighted by Gasteiger charge is 2.36. The van der Waals surface area contributed by atoms with E-state index >= 15 is 0 Å². The fourth-order valence-corrected chi connectivity index (χ4v) is 4.66. The van der Waals surface area contributed by atoms with E-state index in [2.05, 4.69) is 29.9 Å². The molecule has 6 atom stereocenters. The van der Waals surface area contributed by atoms with E-state index in [1.54, 1.807) is 22.4 Å². The number of nitrogens with two attached hydrogens (primary N) is 2. The molecule has 0 spiro atoms. The van der Waals surface area contributed by atoms with Crippen molar-refractivity contribution < 1.29 is 29.9 Å². The Kier molecular flexibility index (Phi) is 7.28. The van der Waals surface area contributed by atoms with Crippen LogP contribution in [-0.4, -0.2) is 97.1 Å². The Hall–Kier alpha value is -3.25. The Morgan fingerprint density at radius 1 is 0.842 bits per heavy atom. The summed E-state index contributed by atoms with van der Waals surface area (Å²) in [6.07, 6.45) is 0.260. The van der Waals surface area contributed by atoms with Crippen molar-refractivity contribution in [3.63, 3.8) is 0 Å². The van der Waals surface area contributed by atoms with Crippen molar-refractivity contribution in [2.24, 2.45) is 0 Å². The van der Waals surface area contributed by atoms with Gasteiger partial charge in [-0.3, -0.25) is 9.13 Å². The molecule has 16 nitrogen and oxygen atoms in total. The number of aryl methyl sites for hydroxylation is 1. The number of fused-ring (bicyclic) bond motifs is 2. The van der Waals surface area contributed by atoms with E-state index in [-0.39, 0.29) is 24.3 Å². The van der Waals surface area contributed by atoms with Crippen molar-refractivity contribution in [1.82, 2.24) is 39.0 Å². The van der Waals surface area contributed by atoms with Gasteiger partial charge < -0.3 is 41.4 Å². The number of nitrogens with zero attached hydrogens (tertiary/aromatic N) is 8. The third-order valence-electron chi connectivity index (χ3n) is 6.37. The predicted octanol–water partition coefficient (Wildman–Crippen LogP) is -0.940. The van der Waals surface area contributed by atoms with Crippen LogP contribution in [0.1, 0.15) is 31.1 Å². The first-order valence-electron chi connectivity index (χ1n) is 11.7. The molecule has 2 saturated heterocycles. The molecular weight excluding hydrogens is 524 g/mol. The summed E-state index contributed by atoms with van der Waals surface area (Å²) >= 11 is 5.77. The highest BCUT2D eigenvalue weighted by Crippen LogP contribution is 2.32. The fraction of sp³-hybridized carbons (Fsp3) is 0.524. The lowest BCUT2D eigenvalue weighted by atomic mass is 10.2. The second-order valence-corrected chi connectivity index (χ2v) is 9.25. The van der Waals surface area contributed by atoms with Gasteiger partial charge in [0.1, 0.15) is 41.5 Å². The number of rotatable bonds is 4. The number of anilines is 2. The maximum atomic E-state index is 9.76. The molecule has 38 heavy (non-hydrogen) atoms. The Balaban J connectivity index is 0.000000155. The van der Waals surface area contributed by atoms with Gasteiger partial charge in [0.25, 0.3) is 0 Å². The normalized spacial score (nSPS) is 27.2. The van der Waals surface area contributed by atoms with Crippen LogP contribution in [0.25, 0.3) is 22.3 Å². The molecule has 17 heteroatoms. The van der Waals surface area contributed by atoms with Gasteiger partial charge >= 0.3 is 0 Å². The van der Waals surface area contributed by atoms with E-state index < -0.39 is 36.9 Å². The molecule has 0 aromatic carbocycles. The highest BCUT2D eigenvalue weighted by atomic mass is 35.5. The number of hydrogen-bond acceptors (Lipinski definition) is 14. The summed E-state index contributed by atoms with van der Waals surface area (Å²) in [7, 11) is 0. The van der Waals surface area contributed by atoms with E-state index in [0.717, 1.165) is 0 Å². The van der Waals surface area contributed by atoms with Gasteiger partial charge in [0.2, 0.25) is 5.28 Å². The number of hydrogen-bond donors (Lipinski definition) is 6. The molecule has 4 aromatic rings. The van der Waals surface area contributed by atoms with E-state index in [1.807, 2.05) is 0 Å². The van der Waals surface area contributed by atoms with E-state index in [0.29, 0.717) is 46.8 Å². The molecule has 2 unspecified atom stereocenters. The molecule has 0 amide bonds. The van der Waals surface area contributed by atoms with Crippen LogP contribution in [0.5, 0.6) is 0 Å². The van der Waals surface area contributed by atoms with Gasteiger partial charge in [0.05, 0.1) is 38.1 Å². The van der Waals surface area contributed by atoms with Crippen LogP contribution in [0, 0.1) is 6.92 Å². The number of aliphatic hydroxyl groups is 4. The van der Waals surface area contributed by atoms with Crippen molar-refractivity contribution in [3.05, 3.63) is 23.8 Å². The van der Waals surface area contributed by atoms with Crippen molar-refractivity contribution in [1.29, 1.82) is 0 Å². The van der Waals surface area contributed by atoms with Gasteiger partial charge in [0, 0.05) is 12.8 Å². The number of imidazole rings is 2. The molecule has 0 bridgehead atoms. The first-order chi connectivity index (χ1) is 18.2. The molecule has 0 radical (unpaired) electrons. The van der Waals surface area contributed by atoms with Gasteiger partial charge in [-0.25, -0.2) is 19.9 Å². The molecule has 0 saturated carbocycles. The zero-order valence-corrected chi connectivity index (χ0v) is 20.9. The van der Waals surface area contributed by atoms with Crippen LogP contribution in [-0.2, 0) is 9.47 Å².